The van der Waals surface area contributed by atoms with E-state index in [0.29, 0.717) is 12.6 Å². The van der Waals surface area contributed by atoms with Gasteiger partial charge in [-0.05, 0) is 13.3 Å². The Morgan fingerprint density at radius 2 is 2.40 bits per heavy atom. The Bertz CT molecular complexity index is 247. The maximum atomic E-state index is 11.3. The first kappa shape index (κ1) is 10.9. The molecule has 2 fully saturated rings. The van der Waals surface area contributed by atoms with Gasteiger partial charge in [-0.3, -0.25) is 9.69 Å². The van der Waals surface area contributed by atoms with Crippen LogP contribution < -0.4 is 11.1 Å². The van der Waals surface area contributed by atoms with Crippen molar-refractivity contribution < 1.29 is 9.53 Å². The molecule has 2 rings (SSSR count). The van der Waals surface area contributed by atoms with E-state index in [0.717, 1.165) is 26.1 Å². The molecule has 5 heteroatoms. The zero-order chi connectivity index (χ0) is 10.8. The summed E-state index contributed by atoms with van der Waals surface area (Å²) < 4.78 is 5.53. The third-order valence-electron chi connectivity index (χ3n) is 3.38. The van der Waals surface area contributed by atoms with E-state index in [1.54, 1.807) is 0 Å². The summed E-state index contributed by atoms with van der Waals surface area (Å²) in [6.45, 7) is 5.33. The minimum Gasteiger partial charge on any atom is -0.377 e. The van der Waals surface area contributed by atoms with E-state index in [9.17, 15) is 4.79 Å². The Balaban J connectivity index is 2.06. The summed E-state index contributed by atoms with van der Waals surface area (Å²) in [6.07, 6.45) is 1.22. The number of carbonyl (C=O) groups is 1. The normalized spacial score (nSPS) is 38.1. The van der Waals surface area contributed by atoms with E-state index < -0.39 is 0 Å². The minimum absolute atomic E-state index is 0.173. The van der Waals surface area contributed by atoms with Gasteiger partial charge in [0.2, 0.25) is 5.91 Å². The van der Waals surface area contributed by atoms with Gasteiger partial charge >= 0.3 is 0 Å². The molecule has 3 atom stereocenters. The van der Waals surface area contributed by atoms with Crippen molar-refractivity contribution in [2.24, 2.45) is 5.73 Å². The molecule has 1 amide bonds. The first-order valence-electron chi connectivity index (χ1n) is 5.57. The van der Waals surface area contributed by atoms with E-state index in [1.807, 2.05) is 0 Å². The fourth-order valence-corrected chi connectivity index (χ4v) is 2.54. The molecule has 0 aromatic carbocycles. The summed E-state index contributed by atoms with van der Waals surface area (Å²) in [5.74, 6) is -0.235. The molecule has 2 saturated heterocycles. The average molecular weight is 213 g/mol. The van der Waals surface area contributed by atoms with Gasteiger partial charge in [0.1, 0.15) is 6.04 Å². The van der Waals surface area contributed by atoms with Gasteiger partial charge in [-0.1, -0.05) is 0 Å². The standard InChI is InChI=1S/C10H19N3O2/c1-7-8(2-5-15-7)13-4-3-12-6-9(13)10(11)14/h7-9,12H,2-6H2,1H3,(H2,11,14). The van der Waals surface area contributed by atoms with Crippen LogP contribution in [0.1, 0.15) is 13.3 Å². The molecular formula is C10H19N3O2. The van der Waals surface area contributed by atoms with Crippen molar-refractivity contribution in [2.45, 2.75) is 31.5 Å². The monoisotopic (exact) mass is 213 g/mol. The number of carbonyl (C=O) groups excluding carboxylic acids is 1. The molecule has 0 aliphatic carbocycles. The van der Waals surface area contributed by atoms with Crippen LogP contribution in [0.3, 0.4) is 0 Å². The lowest BCUT2D eigenvalue weighted by atomic mass is 10.0. The summed E-state index contributed by atoms with van der Waals surface area (Å²) in [6, 6.07) is 0.178. The van der Waals surface area contributed by atoms with Crippen LogP contribution in [0.15, 0.2) is 0 Å². The van der Waals surface area contributed by atoms with Gasteiger partial charge in [-0.25, -0.2) is 0 Å². The van der Waals surface area contributed by atoms with Crippen molar-refractivity contribution in [3.8, 4) is 0 Å². The second-order valence-electron chi connectivity index (χ2n) is 4.29. The van der Waals surface area contributed by atoms with Gasteiger partial charge in [-0.15, -0.1) is 0 Å². The van der Waals surface area contributed by atoms with Gasteiger partial charge in [-0.2, -0.15) is 0 Å². The average Bonchev–Trinajstić information content (AvgIpc) is 2.64. The molecule has 0 radical (unpaired) electrons. The lowest BCUT2D eigenvalue weighted by molar-refractivity contribution is -0.125. The van der Waals surface area contributed by atoms with Gasteiger partial charge in [0.15, 0.2) is 0 Å². The first-order valence-corrected chi connectivity index (χ1v) is 5.57. The fraction of sp³-hybridized carbons (Fsp3) is 0.900. The molecule has 15 heavy (non-hydrogen) atoms. The maximum absolute atomic E-state index is 11.3. The maximum Gasteiger partial charge on any atom is 0.236 e. The van der Waals surface area contributed by atoms with Crippen LogP contribution in [-0.4, -0.2) is 55.2 Å². The van der Waals surface area contributed by atoms with Crippen molar-refractivity contribution in [2.75, 3.05) is 26.2 Å². The number of nitrogens with two attached hydrogens (primary N) is 1. The zero-order valence-corrected chi connectivity index (χ0v) is 9.11. The Hall–Kier alpha value is -0.650. The highest BCUT2D eigenvalue weighted by Gasteiger charge is 2.37. The predicted molar refractivity (Wildman–Crippen MR) is 56.4 cm³/mol. The van der Waals surface area contributed by atoms with E-state index in [2.05, 4.69) is 17.1 Å². The largest absolute Gasteiger partial charge is 0.377 e. The number of primary amides is 1. The van der Waals surface area contributed by atoms with Crippen molar-refractivity contribution in [1.29, 1.82) is 0 Å². The van der Waals surface area contributed by atoms with Crippen LogP contribution in [-0.2, 0) is 9.53 Å². The number of amides is 1. The fourth-order valence-electron chi connectivity index (χ4n) is 2.54. The highest BCUT2D eigenvalue weighted by molar-refractivity contribution is 5.80. The SMILES string of the molecule is CC1OCCC1N1CCNCC1C(N)=O. The molecule has 2 aliphatic heterocycles. The second-order valence-corrected chi connectivity index (χ2v) is 4.29. The number of ether oxygens (including phenoxy) is 1. The molecule has 86 valence electrons. The van der Waals surface area contributed by atoms with Gasteiger partial charge < -0.3 is 15.8 Å². The molecule has 0 saturated carbocycles. The third-order valence-corrected chi connectivity index (χ3v) is 3.38. The topological polar surface area (TPSA) is 67.6 Å². The molecule has 0 aromatic rings. The molecule has 0 aromatic heterocycles. The van der Waals surface area contributed by atoms with Crippen LogP contribution in [0.25, 0.3) is 0 Å². The summed E-state index contributed by atoms with van der Waals surface area (Å²) >= 11 is 0. The van der Waals surface area contributed by atoms with Gasteiger partial charge in [0, 0.05) is 32.3 Å². The Morgan fingerprint density at radius 1 is 1.60 bits per heavy atom. The van der Waals surface area contributed by atoms with E-state index in [-0.39, 0.29) is 18.1 Å². The Morgan fingerprint density at radius 3 is 3.00 bits per heavy atom. The molecule has 0 spiro atoms. The van der Waals surface area contributed by atoms with Crippen LogP contribution in [0.5, 0.6) is 0 Å². The van der Waals surface area contributed by atoms with Crippen molar-refractivity contribution in [3.63, 3.8) is 0 Å². The first-order chi connectivity index (χ1) is 7.20. The molecular weight excluding hydrogens is 194 g/mol. The number of rotatable bonds is 2. The van der Waals surface area contributed by atoms with Gasteiger partial charge in [0.25, 0.3) is 0 Å². The predicted octanol–water partition coefficient (Wildman–Crippen LogP) is -1.08. The number of piperazine rings is 1. The van der Waals surface area contributed by atoms with Crippen molar-refractivity contribution >= 4 is 5.91 Å². The third kappa shape index (κ3) is 2.14. The molecule has 3 unspecified atom stereocenters. The summed E-state index contributed by atoms with van der Waals surface area (Å²) in [7, 11) is 0. The second kappa shape index (κ2) is 4.47. The van der Waals surface area contributed by atoms with Crippen LogP contribution in [0.4, 0.5) is 0 Å². The summed E-state index contributed by atoms with van der Waals surface area (Å²) in [5, 5.41) is 3.20. The summed E-state index contributed by atoms with van der Waals surface area (Å²) in [5.41, 5.74) is 5.41. The van der Waals surface area contributed by atoms with Crippen LogP contribution >= 0.6 is 0 Å². The van der Waals surface area contributed by atoms with E-state index in [4.69, 9.17) is 10.5 Å². The molecule has 5 nitrogen and oxygen atoms in total. The quantitative estimate of drug-likeness (QED) is 0.612. The van der Waals surface area contributed by atoms with Crippen molar-refractivity contribution in [1.82, 2.24) is 10.2 Å². The van der Waals surface area contributed by atoms with Crippen molar-refractivity contribution in [3.05, 3.63) is 0 Å². The smallest absolute Gasteiger partial charge is 0.236 e. The molecule has 2 heterocycles. The zero-order valence-electron chi connectivity index (χ0n) is 9.11. The summed E-state index contributed by atoms with van der Waals surface area (Å²) in [4.78, 5) is 13.5. The number of hydrogen-bond acceptors (Lipinski definition) is 4. The number of nitrogens with zero attached hydrogens (tertiary/aromatic N) is 1. The lowest BCUT2D eigenvalue weighted by Gasteiger charge is -2.39. The Kier molecular flexibility index (Phi) is 3.23. The van der Waals surface area contributed by atoms with E-state index >= 15 is 0 Å². The minimum atomic E-state index is -0.235. The molecule has 0 bridgehead atoms. The number of hydrogen-bond donors (Lipinski definition) is 2. The van der Waals surface area contributed by atoms with Crippen LogP contribution in [0, 0.1) is 0 Å². The Labute approximate surface area is 89.9 Å². The highest BCUT2D eigenvalue weighted by atomic mass is 16.5. The highest BCUT2D eigenvalue weighted by Crippen LogP contribution is 2.22. The lowest BCUT2D eigenvalue weighted by Crippen LogP contribution is -2.61. The van der Waals surface area contributed by atoms with E-state index in [1.165, 1.54) is 0 Å². The van der Waals surface area contributed by atoms with Gasteiger partial charge in [0.05, 0.1) is 6.10 Å². The number of nitrogens with one attached hydrogen (secondary N) is 1. The molecule has 2 aliphatic rings. The van der Waals surface area contributed by atoms with Crippen LogP contribution in [0.2, 0.25) is 0 Å². The molecule has 3 N–H and O–H groups in total.